The second-order valence-corrected chi connectivity index (χ2v) is 4.61. The van der Waals surface area contributed by atoms with Crippen molar-refractivity contribution in [3.05, 3.63) is 0 Å². The highest BCUT2D eigenvalue weighted by Gasteiger charge is 2.28. The number of hydrogen-bond donors (Lipinski definition) is 1. The van der Waals surface area contributed by atoms with Gasteiger partial charge in [-0.15, -0.1) is 0 Å². The zero-order valence-corrected chi connectivity index (χ0v) is 9.17. The van der Waals surface area contributed by atoms with E-state index in [4.69, 9.17) is 4.74 Å². The van der Waals surface area contributed by atoms with E-state index >= 15 is 0 Å². The summed E-state index contributed by atoms with van der Waals surface area (Å²) in [6.45, 7) is 5.88. The number of rotatable bonds is 3. The van der Waals surface area contributed by atoms with Crippen LogP contribution in [0.5, 0.6) is 0 Å². The van der Waals surface area contributed by atoms with Gasteiger partial charge in [-0.05, 0) is 38.3 Å². The average Bonchev–Trinajstić information content (AvgIpc) is 2.68. The summed E-state index contributed by atoms with van der Waals surface area (Å²) in [7, 11) is 1.81. The quantitative estimate of drug-likeness (QED) is 0.723. The van der Waals surface area contributed by atoms with Gasteiger partial charge in [0.15, 0.2) is 0 Å². The smallest absolute Gasteiger partial charge is 0.0503 e. The molecule has 0 aromatic heterocycles. The third-order valence-electron chi connectivity index (χ3n) is 3.51. The Kier molecular flexibility index (Phi) is 3.79. The molecule has 2 aliphatic heterocycles. The Morgan fingerprint density at radius 1 is 1.43 bits per heavy atom. The van der Waals surface area contributed by atoms with E-state index in [2.05, 4.69) is 10.2 Å². The molecule has 0 radical (unpaired) electrons. The first-order valence-corrected chi connectivity index (χ1v) is 5.84. The normalized spacial score (nSPS) is 34.9. The summed E-state index contributed by atoms with van der Waals surface area (Å²) in [6.07, 6.45) is 4.05. The average molecular weight is 198 g/mol. The minimum atomic E-state index is 0.780. The van der Waals surface area contributed by atoms with Crippen LogP contribution < -0.4 is 5.32 Å². The molecule has 14 heavy (non-hydrogen) atoms. The maximum Gasteiger partial charge on any atom is 0.0503 e. The maximum absolute atomic E-state index is 5.22. The van der Waals surface area contributed by atoms with Gasteiger partial charge in [0, 0.05) is 26.2 Å². The molecule has 0 aliphatic carbocycles. The molecular formula is C11H22N2O. The Morgan fingerprint density at radius 3 is 3.07 bits per heavy atom. The molecule has 0 bridgehead atoms. The molecule has 2 rings (SSSR count). The predicted octanol–water partition coefficient (Wildman–Crippen LogP) is 0.707. The number of nitrogens with zero attached hydrogens (tertiary/aromatic N) is 1. The molecule has 3 nitrogen and oxygen atoms in total. The van der Waals surface area contributed by atoms with Crippen molar-refractivity contribution >= 4 is 0 Å². The van der Waals surface area contributed by atoms with Gasteiger partial charge in [-0.25, -0.2) is 0 Å². The van der Waals surface area contributed by atoms with Gasteiger partial charge in [0.1, 0.15) is 0 Å². The van der Waals surface area contributed by atoms with Crippen molar-refractivity contribution < 1.29 is 4.74 Å². The lowest BCUT2D eigenvalue weighted by atomic mass is 10.1. The lowest BCUT2D eigenvalue weighted by Gasteiger charge is -2.31. The molecule has 2 unspecified atom stereocenters. The second kappa shape index (κ2) is 5.10. The van der Waals surface area contributed by atoms with Gasteiger partial charge in [0.2, 0.25) is 0 Å². The van der Waals surface area contributed by atoms with E-state index in [1.165, 1.54) is 45.4 Å². The molecule has 1 N–H and O–H groups in total. The summed E-state index contributed by atoms with van der Waals surface area (Å²) in [5, 5.41) is 3.49. The Bertz CT molecular complexity index is 169. The Labute approximate surface area is 86.8 Å². The molecule has 2 aliphatic rings. The van der Waals surface area contributed by atoms with E-state index in [9.17, 15) is 0 Å². The van der Waals surface area contributed by atoms with Crippen molar-refractivity contribution in [3.63, 3.8) is 0 Å². The highest BCUT2D eigenvalue weighted by Crippen LogP contribution is 2.21. The number of ether oxygens (including phenoxy) is 1. The van der Waals surface area contributed by atoms with E-state index in [0.717, 1.165) is 18.6 Å². The van der Waals surface area contributed by atoms with Crippen LogP contribution in [0, 0.1) is 5.92 Å². The van der Waals surface area contributed by atoms with Crippen molar-refractivity contribution in [2.75, 3.05) is 39.9 Å². The van der Waals surface area contributed by atoms with Gasteiger partial charge in [-0.1, -0.05) is 0 Å². The van der Waals surface area contributed by atoms with E-state index in [0.29, 0.717) is 0 Å². The van der Waals surface area contributed by atoms with Crippen molar-refractivity contribution in [1.82, 2.24) is 10.2 Å². The molecule has 2 fully saturated rings. The van der Waals surface area contributed by atoms with Gasteiger partial charge in [0.05, 0.1) is 6.61 Å². The lowest BCUT2D eigenvalue weighted by molar-refractivity contribution is 0.141. The minimum absolute atomic E-state index is 0.780. The maximum atomic E-state index is 5.22. The molecule has 2 heterocycles. The molecule has 0 amide bonds. The summed E-state index contributed by atoms with van der Waals surface area (Å²) < 4.78 is 5.22. The summed E-state index contributed by atoms with van der Waals surface area (Å²) in [6, 6.07) is 0.797. The van der Waals surface area contributed by atoms with Crippen LogP contribution in [0.3, 0.4) is 0 Å². The van der Waals surface area contributed by atoms with Gasteiger partial charge in [-0.3, -0.25) is 4.90 Å². The first-order valence-electron chi connectivity index (χ1n) is 5.84. The van der Waals surface area contributed by atoms with E-state index < -0.39 is 0 Å². The fourth-order valence-electron chi connectivity index (χ4n) is 2.71. The molecule has 2 saturated heterocycles. The number of hydrogen-bond acceptors (Lipinski definition) is 3. The molecule has 0 spiro atoms. The molecule has 3 heteroatoms. The fourth-order valence-corrected chi connectivity index (χ4v) is 2.71. The summed E-state index contributed by atoms with van der Waals surface area (Å²) in [5.41, 5.74) is 0. The zero-order chi connectivity index (χ0) is 9.80. The summed E-state index contributed by atoms with van der Waals surface area (Å²) in [4.78, 5) is 2.65. The van der Waals surface area contributed by atoms with Crippen molar-refractivity contribution in [2.24, 2.45) is 5.92 Å². The van der Waals surface area contributed by atoms with Crippen LogP contribution in [0.4, 0.5) is 0 Å². The lowest BCUT2D eigenvalue weighted by Crippen LogP contribution is -2.45. The van der Waals surface area contributed by atoms with Crippen LogP contribution in [-0.4, -0.2) is 50.8 Å². The Morgan fingerprint density at radius 2 is 2.36 bits per heavy atom. The summed E-state index contributed by atoms with van der Waals surface area (Å²) >= 11 is 0. The van der Waals surface area contributed by atoms with E-state index in [-0.39, 0.29) is 0 Å². The number of nitrogens with one attached hydrogen (secondary N) is 1. The fraction of sp³-hybridized carbons (Fsp3) is 1.00. The van der Waals surface area contributed by atoms with Crippen LogP contribution in [0.2, 0.25) is 0 Å². The molecule has 2 atom stereocenters. The first kappa shape index (κ1) is 10.4. The zero-order valence-electron chi connectivity index (χ0n) is 9.17. The largest absolute Gasteiger partial charge is 0.384 e. The van der Waals surface area contributed by atoms with Crippen molar-refractivity contribution in [2.45, 2.75) is 25.3 Å². The van der Waals surface area contributed by atoms with Crippen LogP contribution in [0.15, 0.2) is 0 Å². The van der Waals surface area contributed by atoms with E-state index in [1.54, 1.807) is 0 Å². The van der Waals surface area contributed by atoms with E-state index in [1.807, 2.05) is 7.11 Å². The number of methoxy groups -OCH3 is 1. The minimum Gasteiger partial charge on any atom is -0.384 e. The highest BCUT2D eigenvalue weighted by atomic mass is 16.5. The molecule has 0 aromatic carbocycles. The van der Waals surface area contributed by atoms with Crippen molar-refractivity contribution in [1.29, 1.82) is 0 Å². The number of likely N-dealkylation sites (tertiary alicyclic amines) is 1. The third kappa shape index (κ3) is 2.47. The standard InChI is InChI=1S/C11H22N2O/c1-14-9-10-4-6-13(8-10)11-3-2-5-12-7-11/h10-12H,2-9H2,1H3. The summed E-state index contributed by atoms with van der Waals surface area (Å²) in [5.74, 6) is 0.780. The van der Waals surface area contributed by atoms with Crippen LogP contribution in [0.1, 0.15) is 19.3 Å². The van der Waals surface area contributed by atoms with Crippen LogP contribution >= 0.6 is 0 Å². The SMILES string of the molecule is COCC1CCN(C2CCCNC2)C1. The highest BCUT2D eigenvalue weighted by molar-refractivity contribution is 4.84. The third-order valence-corrected chi connectivity index (χ3v) is 3.51. The van der Waals surface area contributed by atoms with Crippen LogP contribution in [-0.2, 0) is 4.74 Å². The number of piperidine rings is 1. The van der Waals surface area contributed by atoms with Gasteiger partial charge in [-0.2, -0.15) is 0 Å². The van der Waals surface area contributed by atoms with Gasteiger partial charge < -0.3 is 10.1 Å². The first-order chi connectivity index (χ1) is 6.90. The topological polar surface area (TPSA) is 24.5 Å². The van der Waals surface area contributed by atoms with Crippen LogP contribution in [0.25, 0.3) is 0 Å². The predicted molar refractivity (Wildman–Crippen MR) is 57.4 cm³/mol. The van der Waals surface area contributed by atoms with Gasteiger partial charge >= 0.3 is 0 Å². The molecule has 82 valence electrons. The molecular weight excluding hydrogens is 176 g/mol. The second-order valence-electron chi connectivity index (χ2n) is 4.61. The van der Waals surface area contributed by atoms with Gasteiger partial charge in [0.25, 0.3) is 0 Å². The Balaban J connectivity index is 1.76. The Hall–Kier alpha value is -0.120. The van der Waals surface area contributed by atoms with Crippen molar-refractivity contribution in [3.8, 4) is 0 Å². The monoisotopic (exact) mass is 198 g/mol. The molecule has 0 aromatic rings. The molecule has 0 saturated carbocycles.